The molecule has 0 spiro atoms. The van der Waals surface area contributed by atoms with E-state index >= 15 is 0 Å². The minimum atomic E-state index is -0.471. The van der Waals surface area contributed by atoms with Gasteiger partial charge in [0.15, 0.2) is 0 Å². The van der Waals surface area contributed by atoms with E-state index in [0.717, 1.165) is 63.9 Å². The Morgan fingerprint density at radius 3 is 1.33 bits per heavy atom. The first kappa shape index (κ1) is 45.8. The topological polar surface area (TPSA) is 95.6 Å². The van der Waals surface area contributed by atoms with Gasteiger partial charge in [-0.05, 0) is 123 Å². The summed E-state index contributed by atoms with van der Waals surface area (Å²) in [6, 6.07) is 26.1. The molecule has 0 saturated heterocycles. The molecular weight excluding hydrogens is 948 g/mol. The quantitative estimate of drug-likeness (QED) is 0.0604. The van der Waals surface area contributed by atoms with Gasteiger partial charge in [0.25, 0.3) is 0 Å². The minimum Gasteiger partial charge on any atom is -0.462 e. The van der Waals surface area contributed by atoms with Crippen LogP contribution in [0, 0.1) is 27.7 Å². The molecule has 0 saturated carbocycles. The Morgan fingerprint density at radius 1 is 0.561 bits per heavy atom. The summed E-state index contributed by atoms with van der Waals surface area (Å²) < 4.78 is 17.2. The van der Waals surface area contributed by atoms with E-state index in [1.165, 1.54) is 22.7 Å². The number of ether oxygens (including phenoxy) is 2. The fourth-order valence-electron chi connectivity index (χ4n) is 8.63. The molecule has 0 fully saturated rings. The second-order valence-corrected chi connectivity index (χ2v) is 21.4. The molecule has 9 rings (SSSR count). The lowest BCUT2D eigenvalue weighted by molar-refractivity contribution is 0.0521. The second kappa shape index (κ2) is 18.7. The normalized spacial score (nSPS) is 11.6. The molecule has 9 aromatic rings. The standard InChI is InChI=1S/C52H42Cl2N2O6S4/c1-7-61-49(59)39-37-43(55-23-27(3)20-29(5)41(39)55)51(65-47(37)45(57)33-12-16-35(53)17-13-33)63-25-31-10-9-11-32(22-31)26-64-52-44-38(48(66-52)46(58)34-14-18-36(54)19-15-34)40(50(60)62-8-2)42-30(6)21-28(4)24-56(42)44/h9-24H,7-8,25-26H2,1-6H3. The molecule has 3 aromatic carbocycles. The van der Waals surface area contributed by atoms with Crippen LogP contribution in [0.25, 0.3) is 32.8 Å². The van der Waals surface area contributed by atoms with Gasteiger partial charge in [-0.3, -0.25) is 9.59 Å². The highest BCUT2D eigenvalue weighted by Gasteiger charge is 2.32. The summed E-state index contributed by atoms with van der Waals surface area (Å²) in [5.74, 6) is -0.158. The minimum absolute atomic E-state index is 0.194. The van der Waals surface area contributed by atoms with Crippen molar-refractivity contribution in [3.8, 4) is 0 Å². The van der Waals surface area contributed by atoms with Crippen molar-refractivity contribution in [2.45, 2.75) is 61.5 Å². The van der Waals surface area contributed by atoms with Gasteiger partial charge in [-0.15, -0.1) is 46.2 Å². The Balaban J connectivity index is 1.09. The molecule has 66 heavy (non-hydrogen) atoms. The number of rotatable bonds is 14. The van der Waals surface area contributed by atoms with Gasteiger partial charge in [-0.2, -0.15) is 0 Å². The monoisotopic (exact) mass is 988 g/mol. The number of aromatic nitrogens is 2. The number of hydrogen-bond donors (Lipinski definition) is 0. The number of carbonyl (C=O) groups is 4. The Bertz CT molecular complexity index is 3210. The number of aryl methyl sites for hydroxylation is 4. The van der Waals surface area contributed by atoms with Crippen LogP contribution in [0.3, 0.4) is 0 Å². The predicted octanol–water partition coefficient (Wildman–Crippen LogP) is 14.6. The number of thioether (sulfide) groups is 2. The van der Waals surface area contributed by atoms with E-state index in [-0.39, 0.29) is 24.8 Å². The first-order valence-electron chi connectivity index (χ1n) is 21.2. The van der Waals surface area contributed by atoms with E-state index in [1.807, 2.05) is 67.1 Å². The van der Waals surface area contributed by atoms with E-state index < -0.39 is 11.9 Å². The number of carbonyl (C=O) groups excluding carboxylic acids is 4. The molecule has 8 nitrogen and oxygen atoms in total. The summed E-state index contributed by atoms with van der Waals surface area (Å²) in [4.78, 5) is 57.4. The molecule has 0 aliphatic heterocycles. The highest BCUT2D eigenvalue weighted by Crippen LogP contribution is 2.47. The molecule has 0 radical (unpaired) electrons. The Morgan fingerprint density at radius 2 is 0.955 bits per heavy atom. The SMILES string of the molecule is CCOC(=O)c1c2c(C(=O)c3ccc(Cl)cc3)sc(SCc3cccc(CSc4sc(C(=O)c5ccc(Cl)cc5)c5c(C(=O)OCC)c6c(C)cc(C)cn6c45)c3)c2n2cc(C)cc(C)c12. The molecule has 0 atom stereocenters. The van der Waals surface area contributed by atoms with Gasteiger partial charge in [0.2, 0.25) is 11.6 Å². The Kier molecular flexibility index (Phi) is 13.0. The molecule has 0 N–H and O–H groups in total. The summed E-state index contributed by atoms with van der Waals surface area (Å²) in [6.45, 7) is 11.9. The van der Waals surface area contributed by atoms with Crippen LogP contribution in [0.15, 0.2) is 106 Å². The first-order chi connectivity index (χ1) is 31.8. The van der Waals surface area contributed by atoms with Crippen LogP contribution in [0.1, 0.15) is 98.4 Å². The van der Waals surface area contributed by atoms with Gasteiger partial charge in [0, 0.05) is 55.8 Å². The van der Waals surface area contributed by atoms with Crippen molar-refractivity contribution < 1.29 is 28.7 Å². The summed E-state index contributed by atoms with van der Waals surface area (Å²) in [5, 5.41) is 2.23. The first-order valence-corrected chi connectivity index (χ1v) is 25.6. The number of benzene rings is 3. The van der Waals surface area contributed by atoms with Crippen LogP contribution < -0.4 is 0 Å². The molecule has 0 aliphatic carbocycles. The highest BCUT2D eigenvalue weighted by molar-refractivity contribution is 8.01. The van der Waals surface area contributed by atoms with Gasteiger partial charge >= 0.3 is 11.9 Å². The number of pyridine rings is 2. The van der Waals surface area contributed by atoms with Crippen LogP contribution in [0.4, 0.5) is 0 Å². The van der Waals surface area contributed by atoms with Gasteiger partial charge in [-0.25, -0.2) is 9.59 Å². The van der Waals surface area contributed by atoms with E-state index in [1.54, 1.807) is 85.9 Å². The van der Waals surface area contributed by atoms with Crippen LogP contribution in [0.5, 0.6) is 0 Å². The Labute approximate surface area is 407 Å². The molecule has 0 unspecified atom stereocenters. The smallest absolute Gasteiger partial charge is 0.341 e. The molecule has 0 bridgehead atoms. The van der Waals surface area contributed by atoms with Crippen molar-refractivity contribution in [1.29, 1.82) is 0 Å². The lowest BCUT2D eigenvalue weighted by Crippen LogP contribution is -2.07. The van der Waals surface area contributed by atoms with E-state index in [4.69, 9.17) is 32.7 Å². The zero-order valence-electron chi connectivity index (χ0n) is 36.8. The van der Waals surface area contributed by atoms with Gasteiger partial charge in [0.05, 0.1) is 64.6 Å². The van der Waals surface area contributed by atoms with E-state index in [9.17, 15) is 19.2 Å². The molecule has 14 heteroatoms. The summed E-state index contributed by atoms with van der Waals surface area (Å²) in [7, 11) is 0. The maximum atomic E-state index is 14.4. The molecule has 0 aliphatic rings. The fourth-order valence-corrected chi connectivity index (χ4v) is 13.8. The molecular formula is C52H42Cl2N2O6S4. The van der Waals surface area contributed by atoms with E-state index in [0.29, 0.717) is 64.3 Å². The zero-order chi connectivity index (χ0) is 46.6. The highest BCUT2D eigenvalue weighted by atomic mass is 35.5. The summed E-state index contributed by atoms with van der Waals surface area (Å²) in [6.07, 6.45) is 4.03. The van der Waals surface area contributed by atoms with Gasteiger partial charge in [-0.1, -0.05) is 59.6 Å². The van der Waals surface area contributed by atoms with E-state index in [2.05, 4.69) is 18.2 Å². The third kappa shape index (κ3) is 8.37. The van der Waals surface area contributed by atoms with Crippen LogP contribution in [-0.2, 0) is 21.0 Å². The number of nitrogens with zero attached hydrogens (tertiary/aromatic N) is 2. The molecule has 334 valence electrons. The lowest BCUT2D eigenvalue weighted by atomic mass is 10.0. The number of fused-ring (bicyclic) bond motifs is 6. The van der Waals surface area contributed by atoms with Gasteiger partial charge in [0.1, 0.15) is 0 Å². The van der Waals surface area contributed by atoms with Crippen molar-refractivity contribution in [2.24, 2.45) is 0 Å². The molecule has 0 amide bonds. The lowest BCUT2D eigenvalue weighted by Gasteiger charge is -2.08. The number of hydrogen-bond acceptors (Lipinski definition) is 10. The van der Waals surface area contributed by atoms with Gasteiger partial charge < -0.3 is 18.3 Å². The average Bonchev–Trinajstić information content (AvgIpc) is 4.04. The third-order valence-electron chi connectivity index (χ3n) is 11.3. The maximum absolute atomic E-state index is 14.4. The zero-order valence-corrected chi connectivity index (χ0v) is 41.6. The third-order valence-corrected chi connectivity index (χ3v) is 16.8. The number of halogens is 2. The van der Waals surface area contributed by atoms with Crippen LogP contribution in [-0.4, -0.2) is 45.5 Å². The van der Waals surface area contributed by atoms with Crippen molar-refractivity contribution in [3.05, 3.63) is 173 Å². The summed E-state index contributed by atoms with van der Waals surface area (Å²) >= 11 is 18.4. The number of esters is 2. The number of thiophene rings is 2. The van der Waals surface area contributed by atoms with Crippen LogP contribution in [0.2, 0.25) is 10.0 Å². The predicted molar refractivity (Wildman–Crippen MR) is 272 cm³/mol. The average molecular weight is 990 g/mol. The van der Waals surface area contributed by atoms with Crippen molar-refractivity contribution in [1.82, 2.24) is 8.80 Å². The summed E-state index contributed by atoms with van der Waals surface area (Å²) in [5.41, 5.74) is 10.8. The maximum Gasteiger partial charge on any atom is 0.341 e. The largest absolute Gasteiger partial charge is 0.462 e. The second-order valence-electron chi connectivity index (χ2n) is 16.0. The molecule has 6 heterocycles. The van der Waals surface area contributed by atoms with Crippen LogP contribution >= 0.6 is 69.4 Å². The fraction of sp³-hybridized carbons (Fsp3) is 0.192. The van der Waals surface area contributed by atoms with Crippen molar-refractivity contribution >= 4 is 126 Å². The van der Waals surface area contributed by atoms with Crippen molar-refractivity contribution in [3.63, 3.8) is 0 Å². The van der Waals surface area contributed by atoms with Crippen molar-refractivity contribution in [2.75, 3.05) is 13.2 Å². The molecule has 6 aromatic heterocycles. The number of ketones is 2. The Hall–Kier alpha value is -5.34.